The Hall–Kier alpha value is -4.36. The highest BCUT2D eigenvalue weighted by molar-refractivity contribution is 9.10. The van der Waals surface area contributed by atoms with Crippen LogP contribution in [0.4, 0.5) is 11.4 Å². The van der Waals surface area contributed by atoms with E-state index >= 15 is 0 Å². The molecule has 0 radical (unpaired) electrons. The molecule has 0 spiro atoms. The van der Waals surface area contributed by atoms with Crippen LogP contribution in [-0.2, 0) is 22.7 Å². The molecule has 38 heavy (non-hydrogen) atoms. The van der Waals surface area contributed by atoms with Gasteiger partial charge in [-0.15, -0.1) is 0 Å². The Kier molecular flexibility index (Phi) is 7.85. The van der Waals surface area contributed by atoms with Crippen molar-refractivity contribution in [3.05, 3.63) is 124 Å². The highest BCUT2D eigenvalue weighted by Gasteiger charge is 2.26. The molecule has 0 unspecified atom stereocenters. The Balaban J connectivity index is 1.21. The molecule has 0 aliphatic carbocycles. The molecule has 5 rings (SSSR count). The largest absolute Gasteiger partial charge is 0.489 e. The summed E-state index contributed by atoms with van der Waals surface area (Å²) < 4.78 is 12.4. The van der Waals surface area contributed by atoms with E-state index in [0.29, 0.717) is 30.3 Å². The lowest BCUT2D eigenvalue weighted by atomic mass is 10.1. The summed E-state index contributed by atoms with van der Waals surface area (Å²) in [5.41, 5.74) is 4.16. The van der Waals surface area contributed by atoms with Gasteiger partial charge < -0.3 is 19.7 Å². The molecule has 0 atom stereocenters. The van der Waals surface area contributed by atoms with E-state index in [9.17, 15) is 9.59 Å². The summed E-state index contributed by atoms with van der Waals surface area (Å²) in [7, 11) is 0. The van der Waals surface area contributed by atoms with Crippen LogP contribution in [0.1, 0.15) is 16.7 Å². The van der Waals surface area contributed by atoms with E-state index in [1.54, 1.807) is 29.2 Å². The fourth-order valence-corrected chi connectivity index (χ4v) is 4.26. The SMILES string of the molecule is O=C(/C=C/c1ccc(OCc2ccccc2)cc1)Nc1ccc2c(c1)N(Cc1ccc(Br)cc1)C(=O)CO2. The molecule has 4 aromatic rings. The average Bonchev–Trinajstić information content (AvgIpc) is 2.94. The number of nitrogens with one attached hydrogen (secondary N) is 1. The molecule has 7 heteroatoms. The van der Waals surface area contributed by atoms with Gasteiger partial charge in [-0.1, -0.05) is 70.5 Å². The number of anilines is 2. The zero-order valence-corrected chi connectivity index (χ0v) is 22.1. The molecule has 0 fully saturated rings. The van der Waals surface area contributed by atoms with Gasteiger partial charge in [0.15, 0.2) is 6.61 Å². The van der Waals surface area contributed by atoms with Crippen LogP contribution >= 0.6 is 15.9 Å². The summed E-state index contributed by atoms with van der Waals surface area (Å²) in [6.07, 6.45) is 3.21. The first kappa shape index (κ1) is 25.3. The predicted molar refractivity (Wildman–Crippen MR) is 152 cm³/mol. The molecular formula is C31H25BrN2O4. The summed E-state index contributed by atoms with van der Waals surface area (Å²) in [5, 5.41) is 2.87. The standard InChI is InChI=1S/C31H25BrN2O4/c32-25-11-6-23(7-12-25)19-34-28-18-26(13-16-29(28)38-21-31(34)36)33-30(35)17-10-22-8-14-27(15-9-22)37-20-24-4-2-1-3-5-24/h1-18H,19-21H2,(H,33,35)/b17-10+. The first-order chi connectivity index (χ1) is 18.5. The molecule has 6 nitrogen and oxygen atoms in total. The molecule has 0 bridgehead atoms. The van der Waals surface area contributed by atoms with E-state index < -0.39 is 0 Å². The first-order valence-corrected chi connectivity index (χ1v) is 12.9. The maximum Gasteiger partial charge on any atom is 0.265 e. The van der Waals surface area contributed by atoms with Crippen molar-refractivity contribution in [2.75, 3.05) is 16.8 Å². The van der Waals surface area contributed by atoms with Gasteiger partial charge in [-0.25, -0.2) is 0 Å². The normalized spacial score (nSPS) is 12.7. The van der Waals surface area contributed by atoms with Gasteiger partial charge in [0.2, 0.25) is 5.91 Å². The van der Waals surface area contributed by atoms with Crippen molar-refractivity contribution in [1.82, 2.24) is 0 Å². The number of carbonyl (C=O) groups excluding carboxylic acids is 2. The van der Waals surface area contributed by atoms with Crippen LogP contribution in [0.3, 0.4) is 0 Å². The van der Waals surface area contributed by atoms with Crippen molar-refractivity contribution in [2.45, 2.75) is 13.2 Å². The number of ether oxygens (including phenoxy) is 2. The second-order valence-corrected chi connectivity index (χ2v) is 9.66. The van der Waals surface area contributed by atoms with E-state index in [-0.39, 0.29) is 18.4 Å². The summed E-state index contributed by atoms with van der Waals surface area (Å²) in [4.78, 5) is 26.9. The minimum absolute atomic E-state index is 0.0198. The maximum absolute atomic E-state index is 12.6. The maximum atomic E-state index is 12.6. The van der Waals surface area contributed by atoms with Crippen LogP contribution in [-0.4, -0.2) is 18.4 Å². The molecule has 4 aromatic carbocycles. The number of halogens is 1. The second-order valence-electron chi connectivity index (χ2n) is 8.74. The van der Waals surface area contributed by atoms with Gasteiger partial charge in [-0.3, -0.25) is 9.59 Å². The van der Waals surface area contributed by atoms with Crippen LogP contribution < -0.4 is 19.7 Å². The molecule has 2 amide bonds. The minimum atomic E-state index is -0.281. The average molecular weight is 569 g/mol. The quantitative estimate of drug-likeness (QED) is 0.243. The van der Waals surface area contributed by atoms with Crippen molar-refractivity contribution >= 4 is 45.2 Å². The molecule has 0 aromatic heterocycles. The van der Waals surface area contributed by atoms with E-state index in [4.69, 9.17) is 9.47 Å². The molecule has 1 N–H and O–H groups in total. The Morgan fingerprint density at radius 1 is 0.947 bits per heavy atom. The number of hydrogen-bond acceptors (Lipinski definition) is 4. The van der Waals surface area contributed by atoms with Gasteiger partial charge in [0.05, 0.1) is 12.2 Å². The van der Waals surface area contributed by atoms with Crippen molar-refractivity contribution in [1.29, 1.82) is 0 Å². The van der Waals surface area contributed by atoms with Gasteiger partial charge in [-0.2, -0.15) is 0 Å². The molecular weight excluding hydrogens is 544 g/mol. The first-order valence-electron chi connectivity index (χ1n) is 12.1. The van der Waals surface area contributed by atoms with Crippen molar-refractivity contribution in [3.8, 4) is 11.5 Å². The number of amides is 2. The third kappa shape index (κ3) is 6.49. The lowest BCUT2D eigenvalue weighted by molar-refractivity contribution is -0.121. The fourth-order valence-electron chi connectivity index (χ4n) is 4.00. The Morgan fingerprint density at radius 3 is 2.47 bits per heavy atom. The summed E-state index contributed by atoms with van der Waals surface area (Å²) in [6.45, 7) is 0.884. The van der Waals surface area contributed by atoms with Crippen molar-refractivity contribution in [3.63, 3.8) is 0 Å². The van der Waals surface area contributed by atoms with E-state index in [0.717, 1.165) is 26.9 Å². The zero-order valence-electron chi connectivity index (χ0n) is 20.5. The topological polar surface area (TPSA) is 67.9 Å². The molecule has 0 saturated heterocycles. The number of benzene rings is 4. The lowest BCUT2D eigenvalue weighted by Crippen LogP contribution is -2.38. The zero-order chi connectivity index (χ0) is 26.3. The molecule has 1 heterocycles. The van der Waals surface area contributed by atoms with Gasteiger partial charge in [0.1, 0.15) is 18.1 Å². The third-order valence-electron chi connectivity index (χ3n) is 5.98. The molecule has 0 saturated carbocycles. The minimum Gasteiger partial charge on any atom is -0.489 e. The number of nitrogens with zero attached hydrogens (tertiary/aromatic N) is 1. The van der Waals surface area contributed by atoms with E-state index in [1.165, 1.54) is 6.08 Å². The van der Waals surface area contributed by atoms with Crippen LogP contribution in [0.25, 0.3) is 6.08 Å². The highest BCUT2D eigenvalue weighted by atomic mass is 79.9. The second kappa shape index (κ2) is 11.8. The van der Waals surface area contributed by atoms with E-state index in [2.05, 4.69) is 21.2 Å². The van der Waals surface area contributed by atoms with Crippen LogP contribution in [0.5, 0.6) is 11.5 Å². The molecule has 1 aliphatic heterocycles. The lowest BCUT2D eigenvalue weighted by Gasteiger charge is -2.30. The Morgan fingerprint density at radius 2 is 1.71 bits per heavy atom. The number of hydrogen-bond donors (Lipinski definition) is 1. The summed E-state index contributed by atoms with van der Waals surface area (Å²) >= 11 is 3.43. The summed E-state index contributed by atoms with van der Waals surface area (Å²) in [6, 6.07) is 30.6. The molecule has 1 aliphatic rings. The Labute approximate surface area is 229 Å². The van der Waals surface area contributed by atoms with Crippen LogP contribution in [0.15, 0.2) is 108 Å². The van der Waals surface area contributed by atoms with Crippen molar-refractivity contribution in [2.24, 2.45) is 0 Å². The van der Waals surface area contributed by atoms with Gasteiger partial charge >= 0.3 is 0 Å². The third-order valence-corrected chi connectivity index (χ3v) is 6.51. The summed E-state index contributed by atoms with van der Waals surface area (Å²) in [5.74, 6) is 0.940. The van der Waals surface area contributed by atoms with E-state index in [1.807, 2.05) is 78.9 Å². The predicted octanol–water partition coefficient (Wildman–Crippen LogP) is 6.61. The number of carbonyl (C=O) groups is 2. The van der Waals surface area contributed by atoms with Crippen LogP contribution in [0, 0.1) is 0 Å². The fraction of sp³-hybridized carbons (Fsp3) is 0.0968. The number of fused-ring (bicyclic) bond motifs is 1. The van der Waals surface area contributed by atoms with Gasteiger partial charge in [-0.05, 0) is 65.2 Å². The molecule has 190 valence electrons. The van der Waals surface area contributed by atoms with Crippen LogP contribution in [0.2, 0.25) is 0 Å². The highest BCUT2D eigenvalue weighted by Crippen LogP contribution is 2.35. The number of rotatable bonds is 8. The van der Waals surface area contributed by atoms with Crippen molar-refractivity contribution < 1.29 is 19.1 Å². The van der Waals surface area contributed by atoms with Gasteiger partial charge in [0.25, 0.3) is 5.91 Å². The van der Waals surface area contributed by atoms with Gasteiger partial charge in [0, 0.05) is 16.2 Å². The monoisotopic (exact) mass is 568 g/mol. The smallest absolute Gasteiger partial charge is 0.265 e. The Bertz CT molecular complexity index is 1450.